The molecule has 0 bridgehead atoms. The van der Waals surface area contributed by atoms with E-state index in [4.69, 9.17) is 18.9 Å². The lowest BCUT2D eigenvalue weighted by Crippen LogP contribution is -2.40. The van der Waals surface area contributed by atoms with Gasteiger partial charge in [0.15, 0.2) is 0 Å². The van der Waals surface area contributed by atoms with Crippen LogP contribution in [0.15, 0.2) is 58.1 Å². The number of nitrogens with zero attached hydrogens (tertiary/aromatic N) is 2. The van der Waals surface area contributed by atoms with Crippen molar-refractivity contribution in [3.05, 3.63) is 90.9 Å². The number of para-hydroxylation sites is 1. The molecule has 1 aliphatic heterocycles. The molecule has 0 saturated carbocycles. The molecule has 9 nitrogen and oxygen atoms in total. The van der Waals surface area contributed by atoms with Crippen LogP contribution in [0, 0.1) is 18.8 Å². The summed E-state index contributed by atoms with van der Waals surface area (Å²) in [6.07, 6.45) is 0.809. The number of thiophene rings is 1. The maximum absolute atomic E-state index is 14.4. The summed E-state index contributed by atoms with van der Waals surface area (Å²) in [7, 11) is 1.60. The highest BCUT2D eigenvalue weighted by molar-refractivity contribution is 7.19. The van der Waals surface area contributed by atoms with Gasteiger partial charge in [0.25, 0.3) is 5.56 Å². The largest absolute Gasteiger partial charge is 0.496 e. The minimum absolute atomic E-state index is 0.0754. The number of fused-ring (bicyclic) bond motifs is 1. The van der Waals surface area contributed by atoms with E-state index in [9.17, 15) is 14.4 Å². The van der Waals surface area contributed by atoms with E-state index in [1.165, 1.54) is 17.4 Å². The third kappa shape index (κ3) is 6.15. The van der Waals surface area contributed by atoms with Gasteiger partial charge in [-0.3, -0.25) is 9.36 Å². The van der Waals surface area contributed by atoms with Gasteiger partial charge in [0.05, 0.1) is 47.9 Å². The fourth-order valence-electron chi connectivity index (χ4n) is 5.31. The van der Waals surface area contributed by atoms with Crippen molar-refractivity contribution in [1.82, 2.24) is 9.13 Å². The highest BCUT2D eigenvalue weighted by Gasteiger charge is 2.28. The van der Waals surface area contributed by atoms with Crippen LogP contribution in [-0.2, 0) is 20.8 Å². The smallest absolute Gasteiger partial charge is 0.338 e. The number of methoxy groups -OCH3 is 1. The van der Waals surface area contributed by atoms with Crippen molar-refractivity contribution < 1.29 is 23.7 Å². The van der Waals surface area contributed by atoms with E-state index in [1.54, 1.807) is 43.7 Å². The molecule has 43 heavy (non-hydrogen) atoms. The number of hydrogen-bond donors (Lipinski definition) is 0. The Labute approximate surface area is 253 Å². The molecule has 2 aromatic carbocycles. The molecule has 4 aromatic rings. The number of benzene rings is 2. The van der Waals surface area contributed by atoms with Crippen molar-refractivity contribution in [1.29, 1.82) is 0 Å². The Morgan fingerprint density at radius 1 is 1.14 bits per heavy atom. The van der Waals surface area contributed by atoms with Crippen LogP contribution in [0.5, 0.6) is 5.75 Å². The van der Waals surface area contributed by atoms with E-state index >= 15 is 0 Å². The third-order valence-electron chi connectivity index (χ3n) is 7.43. The van der Waals surface area contributed by atoms with Gasteiger partial charge < -0.3 is 18.9 Å². The Morgan fingerprint density at radius 3 is 2.63 bits per heavy atom. The summed E-state index contributed by atoms with van der Waals surface area (Å²) in [6, 6.07) is 13.9. The monoisotopic (exact) mass is 602 g/mol. The Balaban J connectivity index is 1.73. The first kappa shape index (κ1) is 30.3. The van der Waals surface area contributed by atoms with Crippen LogP contribution in [0.4, 0.5) is 0 Å². The minimum atomic E-state index is -0.569. The van der Waals surface area contributed by atoms with Crippen LogP contribution in [0.1, 0.15) is 59.2 Å². The molecule has 0 amide bonds. The maximum Gasteiger partial charge on any atom is 0.338 e. The minimum Gasteiger partial charge on any atom is -0.496 e. The average molecular weight is 603 g/mol. The van der Waals surface area contributed by atoms with Crippen molar-refractivity contribution in [2.45, 2.75) is 52.4 Å². The fourth-order valence-corrected chi connectivity index (χ4v) is 6.52. The SMILES string of the molecule is CC#Cc1sc2c(c1C)c(=O)n(-c1cccc(C(=O)OCC)c1)c(=O)n2C[C@H](OC1CCOCC1)c1ccccc1OC. The molecular weight excluding hydrogens is 568 g/mol. The molecule has 0 spiro atoms. The molecule has 1 saturated heterocycles. The summed E-state index contributed by atoms with van der Waals surface area (Å²) in [5, 5.41) is 0.397. The van der Waals surface area contributed by atoms with Gasteiger partial charge in [-0.25, -0.2) is 14.2 Å². The lowest BCUT2D eigenvalue weighted by atomic mass is 10.1. The number of hydrogen-bond acceptors (Lipinski definition) is 8. The van der Waals surface area contributed by atoms with Crippen molar-refractivity contribution in [2.24, 2.45) is 0 Å². The summed E-state index contributed by atoms with van der Waals surface area (Å²) >= 11 is 1.31. The second-order valence-corrected chi connectivity index (χ2v) is 11.1. The molecule has 1 atom stereocenters. The number of esters is 1. The Morgan fingerprint density at radius 2 is 1.91 bits per heavy atom. The van der Waals surface area contributed by atoms with Crippen LogP contribution < -0.4 is 16.0 Å². The highest BCUT2D eigenvalue weighted by Crippen LogP contribution is 2.34. The molecular formula is C33H34N2O7S. The normalized spacial score (nSPS) is 14.2. The van der Waals surface area contributed by atoms with Gasteiger partial charge in [0.1, 0.15) is 16.7 Å². The van der Waals surface area contributed by atoms with Crippen molar-refractivity contribution in [3.8, 4) is 23.3 Å². The molecule has 0 unspecified atom stereocenters. The van der Waals surface area contributed by atoms with E-state index in [2.05, 4.69) is 11.8 Å². The molecule has 1 fully saturated rings. The third-order valence-corrected chi connectivity index (χ3v) is 8.66. The molecule has 2 aromatic heterocycles. The fraction of sp³-hybridized carbons (Fsp3) is 0.364. The number of aryl methyl sites for hydroxylation is 1. The second-order valence-electron chi connectivity index (χ2n) is 10.1. The Kier molecular flexibility index (Phi) is 9.46. The van der Waals surface area contributed by atoms with Crippen LogP contribution in [0.2, 0.25) is 0 Å². The average Bonchev–Trinajstić information content (AvgIpc) is 3.35. The number of rotatable bonds is 9. The first-order chi connectivity index (χ1) is 20.9. The van der Waals surface area contributed by atoms with Gasteiger partial charge in [-0.15, -0.1) is 17.3 Å². The van der Waals surface area contributed by atoms with Gasteiger partial charge in [-0.2, -0.15) is 0 Å². The summed E-state index contributed by atoms with van der Waals surface area (Å²) in [5.74, 6) is 6.10. The van der Waals surface area contributed by atoms with Crippen LogP contribution in [0.25, 0.3) is 15.9 Å². The van der Waals surface area contributed by atoms with Gasteiger partial charge >= 0.3 is 11.7 Å². The quantitative estimate of drug-likeness (QED) is 0.196. The predicted octanol–water partition coefficient (Wildman–Crippen LogP) is 5.02. The lowest BCUT2D eigenvalue weighted by molar-refractivity contribution is -0.0752. The molecule has 5 rings (SSSR count). The number of ether oxygens (including phenoxy) is 4. The van der Waals surface area contributed by atoms with Gasteiger partial charge in [-0.1, -0.05) is 30.2 Å². The number of carbonyl (C=O) groups excluding carboxylic acids is 1. The van der Waals surface area contributed by atoms with Crippen LogP contribution in [-0.4, -0.2) is 48.1 Å². The van der Waals surface area contributed by atoms with Gasteiger partial charge in [0.2, 0.25) is 0 Å². The van der Waals surface area contributed by atoms with E-state index in [1.807, 2.05) is 31.2 Å². The molecule has 224 valence electrons. The van der Waals surface area contributed by atoms with E-state index in [-0.39, 0.29) is 30.5 Å². The molecule has 0 N–H and O–H groups in total. The highest BCUT2D eigenvalue weighted by atomic mass is 32.1. The Bertz CT molecular complexity index is 1820. The molecule has 0 aliphatic carbocycles. The van der Waals surface area contributed by atoms with Gasteiger partial charge in [-0.05, 0) is 63.4 Å². The van der Waals surface area contributed by atoms with Gasteiger partial charge in [0, 0.05) is 18.8 Å². The first-order valence-electron chi connectivity index (χ1n) is 14.2. The summed E-state index contributed by atoms with van der Waals surface area (Å²) in [4.78, 5) is 42.2. The van der Waals surface area contributed by atoms with Crippen molar-refractivity contribution in [3.63, 3.8) is 0 Å². The molecule has 1 aliphatic rings. The topological polar surface area (TPSA) is 98.0 Å². The van der Waals surface area contributed by atoms with E-state index in [0.29, 0.717) is 39.6 Å². The zero-order valence-electron chi connectivity index (χ0n) is 24.7. The zero-order chi connectivity index (χ0) is 30.5. The zero-order valence-corrected chi connectivity index (χ0v) is 25.5. The summed E-state index contributed by atoms with van der Waals surface area (Å²) in [6.45, 7) is 6.80. The Hall–Kier alpha value is -4.17. The predicted molar refractivity (Wildman–Crippen MR) is 166 cm³/mol. The number of carbonyl (C=O) groups is 1. The molecule has 3 heterocycles. The van der Waals surface area contributed by atoms with Crippen molar-refractivity contribution >= 4 is 27.5 Å². The summed E-state index contributed by atoms with van der Waals surface area (Å²) < 4.78 is 25.8. The summed E-state index contributed by atoms with van der Waals surface area (Å²) in [5.41, 5.74) is 0.972. The van der Waals surface area contributed by atoms with E-state index in [0.717, 1.165) is 23.0 Å². The lowest BCUT2D eigenvalue weighted by Gasteiger charge is -2.29. The first-order valence-corrected chi connectivity index (χ1v) is 15.0. The maximum atomic E-state index is 14.4. The van der Waals surface area contributed by atoms with E-state index < -0.39 is 23.3 Å². The standard InChI is InChI=1S/C33H34N2O7S/c1-5-10-28-21(3)29-30(36)35(23-12-9-11-22(19-23)32(37)41-6-2)33(38)34(31(29)43-28)20-27(42-24-15-17-40-18-16-24)25-13-7-8-14-26(25)39-4/h7-9,11-14,19,24,27H,6,15-18,20H2,1-4H3/t27-/m0/s1. The molecule has 10 heteroatoms. The van der Waals surface area contributed by atoms with Crippen molar-refractivity contribution in [2.75, 3.05) is 26.9 Å². The van der Waals surface area contributed by atoms with Crippen LogP contribution in [0.3, 0.4) is 0 Å². The van der Waals surface area contributed by atoms with Crippen LogP contribution >= 0.6 is 11.3 Å². The number of aromatic nitrogens is 2. The second kappa shape index (κ2) is 13.4. The molecule has 0 radical (unpaired) electrons.